The van der Waals surface area contributed by atoms with Crippen molar-refractivity contribution in [2.45, 2.75) is 52.7 Å². The molecule has 1 aromatic rings. The summed E-state index contributed by atoms with van der Waals surface area (Å²) in [6.07, 6.45) is 5.25. The standard InChI is InChI=1S/C10H14N2O.2C2H6/c13-10(9-4-2-6-12-9)8-3-1-5-11-7-8;2*1-2/h1,3,5,7,9-10,12-13H,2,4,6H2;2*1-2H3. The van der Waals surface area contributed by atoms with E-state index in [0.717, 1.165) is 24.9 Å². The number of pyridine rings is 1. The molecule has 3 heteroatoms. The van der Waals surface area contributed by atoms with Gasteiger partial charge in [0, 0.05) is 24.0 Å². The van der Waals surface area contributed by atoms with E-state index in [4.69, 9.17) is 0 Å². The second-order valence-corrected chi connectivity index (χ2v) is 3.43. The SMILES string of the molecule is CC.CC.OC(c1cccnc1)C1CCCN1. The third-order valence-electron chi connectivity index (χ3n) is 2.51. The van der Waals surface area contributed by atoms with Gasteiger partial charge in [0.05, 0.1) is 6.10 Å². The van der Waals surface area contributed by atoms with Gasteiger partial charge in [0.15, 0.2) is 0 Å². The van der Waals surface area contributed by atoms with Crippen molar-refractivity contribution in [3.8, 4) is 0 Å². The molecule has 1 fully saturated rings. The minimum atomic E-state index is -0.406. The van der Waals surface area contributed by atoms with Crippen LogP contribution in [0.15, 0.2) is 24.5 Å². The smallest absolute Gasteiger partial charge is 0.0957 e. The van der Waals surface area contributed by atoms with Crippen LogP contribution in [-0.2, 0) is 0 Å². The molecule has 2 atom stereocenters. The molecule has 0 amide bonds. The molecule has 0 spiro atoms. The van der Waals surface area contributed by atoms with E-state index in [0.29, 0.717) is 0 Å². The molecule has 0 aliphatic carbocycles. The van der Waals surface area contributed by atoms with Crippen LogP contribution in [0.3, 0.4) is 0 Å². The fourth-order valence-electron chi connectivity index (χ4n) is 1.76. The zero-order valence-electron chi connectivity index (χ0n) is 11.5. The number of hydrogen-bond donors (Lipinski definition) is 2. The molecular weight excluding hydrogens is 212 g/mol. The number of rotatable bonds is 2. The predicted molar refractivity (Wildman–Crippen MR) is 72.9 cm³/mol. The molecule has 2 N–H and O–H groups in total. The maximum absolute atomic E-state index is 9.92. The molecule has 3 nitrogen and oxygen atoms in total. The van der Waals surface area contributed by atoms with Crippen molar-refractivity contribution in [1.29, 1.82) is 0 Å². The third kappa shape index (κ3) is 5.29. The van der Waals surface area contributed by atoms with Crippen molar-refractivity contribution in [1.82, 2.24) is 10.3 Å². The zero-order valence-corrected chi connectivity index (χ0v) is 11.5. The number of aromatic nitrogens is 1. The lowest BCUT2D eigenvalue weighted by Gasteiger charge is -2.17. The van der Waals surface area contributed by atoms with Gasteiger partial charge in [-0.3, -0.25) is 4.98 Å². The Morgan fingerprint density at radius 3 is 2.53 bits per heavy atom. The number of aliphatic hydroxyl groups excluding tert-OH is 1. The maximum atomic E-state index is 9.92. The zero-order chi connectivity index (χ0) is 13.1. The largest absolute Gasteiger partial charge is 0.387 e. The first-order valence-electron chi connectivity index (χ1n) is 6.69. The highest BCUT2D eigenvalue weighted by Crippen LogP contribution is 2.21. The molecular formula is C14H26N2O. The van der Waals surface area contributed by atoms with Gasteiger partial charge in [0.25, 0.3) is 0 Å². The normalized spacial score (nSPS) is 19.5. The summed E-state index contributed by atoms with van der Waals surface area (Å²) >= 11 is 0. The van der Waals surface area contributed by atoms with Gasteiger partial charge in [-0.1, -0.05) is 33.8 Å². The Bertz CT molecular complexity index is 258. The molecule has 2 heterocycles. The molecule has 0 radical (unpaired) electrons. The lowest BCUT2D eigenvalue weighted by Crippen LogP contribution is -2.28. The Morgan fingerprint density at radius 1 is 1.35 bits per heavy atom. The summed E-state index contributed by atoms with van der Waals surface area (Å²) in [5.41, 5.74) is 0.905. The summed E-state index contributed by atoms with van der Waals surface area (Å²) in [5.74, 6) is 0. The van der Waals surface area contributed by atoms with E-state index in [-0.39, 0.29) is 6.04 Å². The molecule has 0 saturated carbocycles. The van der Waals surface area contributed by atoms with Gasteiger partial charge in [-0.25, -0.2) is 0 Å². The number of nitrogens with zero attached hydrogens (tertiary/aromatic N) is 1. The highest BCUT2D eigenvalue weighted by Gasteiger charge is 2.23. The van der Waals surface area contributed by atoms with Crippen molar-refractivity contribution in [2.75, 3.05) is 6.54 Å². The van der Waals surface area contributed by atoms with E-state index < -0.39 is 6.10 Å². The van der Waals surface area contributed by atoms with Crippen molar-refractivity contribution >= 4 is 0 Å². The molecule has 0 aromatic carbocycles. The number of aliphatic hydroxyl groups is 1. The van der Waals surface area contributed by atoms with E-state index in [2.05, 4.69) is 10.3 Å². The van der Waals surface area contributed by atoms with Crippen LogP contribution < -0.4 is 5.32 Å². The second-order valence-electron chi connectivity index (χ2n) is 3.43. The van der Waals surface area contributed by atoms with Crippen molar-refractivity contribution in [2.24, 2.45) is 0 Å². The van der Waals surface area contributed by atoms with E-state index in [1.54, 1.807) is 12.4 Å². The molecule has 17 heavy (non-hydrogen) atoms. The van der Waals surface area contributed by atoms with Crippen molar-refractivity contribution < 1.29 is 5.11 Å². The van der Waals surface area contributed by atoms with Crippen LogP contribution in [-0.4, -0.2) is 22.7 Å². The minimum absolute atomic E-state index is 0.212. The van der Waals surface area contributed by atoms with Crippen LogP contribution in [0.1, 0.15) is 52.2 Å². The molecule has 1 aliphatic rings. The Morgan fingerprint density at radius 2 is 2.06 bits per heavy atom. The average Bonchev–Trinajstić information content (AvgIpc) is 2.97. The lowest BCUT2D eigenvalue weighted by molar-refractivity contribution is 0.137. The first-order valence-corrected chi connectivity index (χ1v) is 6.69. The Labute approximate surface area is 105 Å². The first-order chi connectivity index (χ1) is 8.38. The average molecular weight is 238 g/mol. The first kappa shape index (κ1) is 16.1. The van der Waals surface area contributed by atoms with E-state index in [1.807, 2.05) is 39.8 Å². The van der Waals surface area contributed by atoms with Gasteiger partial charge in [0.2, 0.25) is 0 Å². The fourth-order valence-corrected chi connectivity index (χ4v) is 1.76. The molecule has 2 rings (SSSR count). The fraction of sp³-hybridized carbons (Fsp3) is 0.643. The minimum Gasteiger partial charge on any atom is -0.387 e. The summed E-state index contributed by atoms with van der Waals surface area (Å²) in [6.45, 7) is 9.02. The van der Waals surface area contributed by atoms with Crippen LogP contribution >= 0.6 is 0 Å². The molecule has 1 aromatic heterocycles. The lowest BCUT2D eigenvalue weighted by atomic mass is 10.0. The maximum Gasteiger partial charge on any atom is 0.0957 e. The van der Waals surface area contributed by atoms with Crippen LogP contribution in [0.25, 0.3) is 0 Å². The molecule has 2 unspecified atom stereocenters. The second kappa shape index (κ2) is 10.2. The summed E-state index contributed by atoms with van der Waals surface area (Å²) in [6, 6.07) is 3.98. The highest BCUT2D eigenvalue weighted by molar-refractivity contribution is 5.14. The Kier molecular flexibility index (Phi) is 9.68. The van der Waals surface area contributed by atoms with Gasteiger partial charge >= 0.3 is 0 Å². The molecule has 1 aliphatic heterocycles. The Balaban J connectivity index is 0.000000581. The third-order valence-corrected chi connectivity index (χ3v) is 2.51. The van der Waals surface area contributed by atoms with Gasteiger partial charge in [0.1, 0.15) is 0 Å². The quantitative estimate of drug-likeness (QED) is 0.832. The summed E-state index contributed by atoms with van der Waals surface area (Å²) in [5, 5.41) is 13.2. The monoisotopic (exact) mass is 238 g/mol. The summed E-state index contributed by atoms with van der Waals surface area (Å²) in [4.78, 5) is 3.99. The summed E-state index contributed by atoms with van der Waals surface area (Å²) in [7, 11) is 0. The van der Waals surface area contributed by atoms with E-state index in [9.17, 15) is 5.11 Å². The number of hydrogen-bond acceptors (Lipinski definition) is 3. The van der Waals surface area contributed by atoms with Crippen LogP contribution in [0, 0.1) is 0 Å². The highest BCUT2D eigenvalue weighted by atomic mass is 16.3. The summed E-state index contributed by atoms with van der Waals surface area (Å²) < 4.78 is 0. The van der Waals surface area contributed by atoms with Crippen molar-refractivity contribution in [3.63, 3.8) is 0 Å². The van der Waals surface area contributed by atoms with Crippen LogP contribution in [0.4, 0.5) is 0 Å². The van der Waals surface area contributed by atoms with Crippen LogP contribution in [0.2, 0.25) is 0 Å². The van der Waals surface area contributed by atoms with E-state index >= 15 is 0 Å². The molecule has 98 valence electrons. The number of nitrogens with one attached hydrogen (secondary N) is 1. The van der Waals surface area contributed by atoms with Crippen molar-refractivity contribution in [3.05, 3.63) is 30.1 Å². The van der Waals surface area contributed by atoms with Gasteiger partial charge in [-0.15, -0.1) is 0 Å². The molecule has 0 bridgehead atoms. The topological polar surface area (TPSA) is 45.2 Å². The van der Waals surface area contributed by atoms with Gasteiger partial charge < -0.3 is 10.4 Å². The van der Waals surface area contributed by atoms with Gasteiger partial charge in [-0.05, 0) is 25.5 Å². The van der Waals surface area contributed by atoms with Gasteiger partial charge in [-0.2, -0.15) is 0 Å². The Hall–Kier alpha value is -0.930. The predicted octanol–water partition coefficient (Wildman–Crippen LogP) is 2.92. The van der Waals surface area contributed by atoms with E-state index in [1.165, 1.54) is 0 Å². The van der Waals surface area contributed by atoms with Crippen LogP contribution in [0.5, 0.6) is 0 Å². The molecule has 1 saturated heterocycles.